The van der Waals surface area contributed by atoms with Crippen molar-refractivity contribution >= 4 is 50.5 Å². The Morgan fingerprint density at radius 3 is 2.23 bits per heavy atom. The molecule has 0 bridgehead atoms. The van der Waals surface area contributed by atoms with Crippen LogP contribution in [-0.2, 0) is 27.4 Å². The number of nitrogens with one attached hydrogen (secondary N) is 1. The molecule has 1 amide bonds. The Bertz CT molecular complexity index is 1840. The zero-order valence-electron chi connectivity index (χ0n) is 21.7. The third-order valence-corrected chi connectivity index (χ3v) is 8.52. The summed E-state index contributed by atoms with van der Waals surface area (Å²) in [6.45, 7) is 0.582. The minimum Gasteiger partial charge on any atom is -0.310 e. The van der Waals surface area contributed by atoms with Crippen LogP contribution in [0.1, 0.15) is 24.0 Å². The second kappa shape index (κ2) is 10.4. The van der Waals surface area contributed by atoms with Crippen molar-refractivity contribution in [3.05, 3.63) is 76.8 Å². The molecule has 17 heteroatoms. The van der Waals surface area contributed by atoms with Crippen molar-refractivity contribution in [1.29, 1.82) is 0 Å². The van der Waals surface area contributed by atoms with Crippen LogP contribution in [0.25, 0.3) is 5.69 Å². The van der Waals surface area contributed by atoms with Crippen molar-refractivity contribution in [2.75, 3.05) is 27.6 Å². The quantitative estimate of drug-likeness (QED) is 0.287. The molecule has 224 valence electrons. The molecule has 1 N–H and O–H groups in total. The van der Waals surface area contributed by atoms with Gasteiger partial charge in [0.05, 0.1) is 40.4 Å². The highest BCUT2D eigenvalue weighted by Crippen LogP contribution is 2.44. The number of alkyl halides is 3. The van der Waals surface area contributed by atoms with Crippen molar-refractivity contribution < 1.29 is 35.2 Å². The van der Waals surface area contributed by atoms with Gasteiger partial charge in [0.25, 0.3) is 10.0 Å². The van der Waals surface area contributed by atoms with Gasteiger partial charge in [0.2, 0.25) is 11.9 Å². The lowest BCUT2D eigenvalue weighted by molar-refractivity contribution is -0.137. The Labute approximate surface area is 245 Å². The monoisotopic (exact) mass is 639 g/mol. The predicted molar refractivity (Wildman–Crippen MR) is 145 cm³/mol. The van der Waals surface area contributed by atoms with E-state index in [4.69, 9.17) is 11.6 Å². The minimum atomic E-state index is -4.57. The van der Waals surface area contributed by atoms with E-state index in [-0.39, 0.29) is 46.1 Å². The summed E-state index contributed by atoms with van der Waals surface area (Å²) < 4.78 is 97.3. The van der Waals surface area contributed by atoms with Gasteiger partial charge in [-0.15, -0.1) is 0 Å². The van der Waals surface area contributed by atoms with Gasteiger partial charge in [-0.1, -0.05) is 11.6 Å². The number of aromatic nitrogens is 4. The molecule has 2 aromatic heterocycles. The van der Waals surface area contributed by atoms with E-state index in [0.717, 1.165) is 23.0 Å². The highest BCUT2D eigenvalue weighted by Gasteiger charge is 2.35. The van der Waals surface area contributed by atoms with E-state index >= 15 is 0 Å². The van der Waals surface area contributed by atoms with Crippen LogP contribution in [0.15, 0.2) is 53.9 Å². The molecule has 6 rings (SSSR count). The van der Waals surface area contributed by atoms with Gasteiger partial charge in [0, 0.05) is 30.7 Å². The molecule has 2 aliphatic rings. The van der Waals surface area contributed by atoms with Crippen molar-refractivity contribution in [3.63, 3.8) is 0 Å². The first-order chi connectivity index (χ1) is 20.3. The molecule has 0 saturated carbocycles. The van der Waals surface area contributed by atoms with Gasteiger partial charge >= 0.3 is 6.18 Å². The molecule has 1 saturated heterocycles. The molecule has 2 aromatic carbocycles. The number of halogens is 6. The summed E-state index contributed by atoms with van der Waals surface area (Å²) in [5.41, 5.74) is -0.467. The predicted octanol–water partition coefficient (Wildman–Crippen LogP) is 5.23. The molecule has 10 nitrogen and oxygen atoms in total. The van der Waals surface area contributed by atoms with E-state index < -0.39 is 39.1 Å². The van der Waals surface area contributed by atoms with Gasteiger partial charge < -0.3 is 9.80 Å². The molecule has 0 unspecified atom stereocenters. The second-order valence-corrected chi connectivity index (χ2v) is 11.9. The topological polar surface area (TPSA) is 113 Å². The number of amides is 1. The molecular formula is C26H19ClF5N7O3S. The Balaban J connectivity index is 1.37. The fourth-order valence-corrected chi connectivity index (χ4v) is 6.31. The lowest BCUT2D eigenvalue weighted by Crippen LogP contribution is -2.27. The van der Waals surface area contributed by atoms with Crippen LogP contribution in [-0.4, -0.2) is 47.2 Å². The number of hydrogen-bond acceptors (Lipinski definition) is 7. The molecule has 43 heavy (non-hydrogen) atoms. The average molecular weight is 640 g/mol. The molecule has 0 spiro atoms. The number of carbonyl (C=O) groups is 1. The van der Waals surface area contributed by atoms with Crippen LogP contribution in [0.3, 0.4) is 0 Å². The molecule has 2 aliphatic heterocycles. The zero-order valence-corrected chi connectivity index (χ0v) is 23.3. The van der Waals surface area contributed by atoms with E-state index in [1.54, 1.807) is 4.90 Å². The number of benzene rings is 2. The van der Waals surface area contributed by atoms with Gasteiger partial charge in [0.15, 0.2) is 11.6 Å². The van der Waals surface area contributed by atoms with Gasteiger partial charge in [-0.05, 0) is 42.7 Å². The normalized spacial score (nSPS) is 15.3. The first kappa shape index (κ1) is 28.8. The van der Waals surface area contributed by atoms with E-state index in [9.17, 15) is 35.2 Å². The van der Waals surface area contributed by atoms with Crippen LogP contribution >= 0.6 is 11.6 Å². The number of nitrogens with zero attached hydrogens (tertiary/aromatic N) is 6. The lowest BCUT2D eigenvalue weighted by Gasteiger charge is -2.26. The molecule has 0 radical (unpaired) electrons. The maximum atomic E-state index is 14.4. The SMILES string of the molecule is O=C1CCCN1c1cc(S(=O)(=O)Nc2c(F)cc(Cl)cc2F)cc2c1N(c1ncc(-n3cc(C(F)(F)F)cn3)cn1)CC2. The summed E-state index contributed by atoms with van der Waals surface area (Å²) >= 11 is 5.65. The van der Waals surface area contributed by atoms with Gasteiger partial charge in [-0.3, -0.25) is 9.52 Å². The maximum absolute atomic E-state index is 14.4. The molecule has 0 aliphatic carbocycles. The number of hydrogen-bond donors (Lipinski definition) is 1. The van der Waals surface area contributed by atoms with Crippen LogP contribution in [0.4, 0.5) is 45.0 Å². The summed E-state index contributed by atoms with van der Waals surface area (Å²) in [5.74, 6) is -2.51. The van der Waals surface area contributed by atoms with Crippen LogP contribution in [0.2, 0.25) is 5.02 Å². The highest BCUT2D eigenvalue weighted by molar-refractivity contribution is 7.92. The lowest BCUT2D eigenvalue weighted by atomic mass is 10.1. The fraction of sp³-hybridized carbons (Fsp3) is 0.231. The van der Waals surface area contributed by atoms with Crippen molar-refractivity contribution in [1.82, 2.24) is 19.7 Å². The van der Waals surface area contributed by atoms with E-state index in [1.165, 1.54) is 29.4 Å². The third-order valence-electron chi connectivity index (χ3n) is 6.98. The highest BCUT2D eigenvalue weighted by atomic mass is 35.5. The average Bonchev–Trinajstić information content (AvgIpc) is 3.70. The van der Waals surface area contributed by atoms with Gasteiger partial charge in [0.1, 0.15) is 11.4 Å². The third kappa shape index (κ3) is 5.35. The summed E-state index contributed by atoms with van der Waals surface area (Å²) in [6, 6.07) is 4.12. The van der Waals surface area contributed by atoms with Crippen molar-refractivity contribution in [2.24, 2.45) is 0 Å². The number of rotatable bonds is 6. The van der Waals surface area contributed by atoms with Crippen LogP contribution < -0.4 is 14.5 Å². The maximum Gasteiger partial charge on any atom is 0.419 e. The van der Waals surface area contributed by atoms with E-state index in [2.05, 4.69) is 15.1 Å². The smallest absolute Gasteiger partial charge is 0.310 e. The van der Waals surface area contributed by atoms with Crippen molar-refractivity contribution in [3.8, 4) is 5.69 Å². The Kier molecular flexibility index (Phi) is 7.00. The number of carbonyl (C=O) groups excluding carboxylic acids is 1. The first-order valence-electron chi connectivity index (χ1n) is 12.7. The standard InChI is InChI=1S/C26H19ClF5N7O3S/c27-16-7-19(28)23(20(29)8-16)36-43(41,42)18-6-14-3-5-38(24(14)21(9-18)37-4-1-2-22(37)40)25-33-11-17(12-34-25)39-13-15(10-35-39)26(30,31)32/h6-13,36H,1-5H2. The Hall–Kier alpha value is -4.31. The zero-order chi connectivity index (χ0) is 30.7. The number of sulfonamides is 1. The molecular weight excluding hydrogens is 621 g/mol. The largest absolute Gasteiger partial charge is 0.419 e. The second-order valence-electron chi connectivity index (χ2n) is 9.76. The summed E-state index contributed by atoms with van der Waals surface area (Å²) in [7, 11) is -4.54. The van der Waals surface area contributed by atoms with E-state index in [0.29, 0.717) is 36.8 Å². The van der Waals surface area contributed by atoms with Gasteiger partial charge in [-0.25, -0.2) is 31.8 Å². The summed E-state index contributed by atoms with van der Waals surface area (Å²) in [6.07, 6.45) is 0.549. The molecule has 4 aromatic rings. The summed E-state index contributed by atoms with van der Waals surface area (Å²) in [5, 5.41) is 3.46. The van der Waals surface area contributed by atoms with Crippen LogP contribution in [0, 0.1) is 11.6 Å². The first-order valence-corrected chi connectivity index (χ1v) is 14.5. The van der Waals surface area contributed by atoms with E-state index in [1.807, 2.05) is 4.72 Å². The summed E-state index contributed by atoms with van der Waals surface area (Å²) in [4.78, 5) is 24.1. The number of anilines is 4. The number of fused-ring (bicyclic) bond motifs is 1. The molecule has 0 atom stereocenters. The molecule has 4 heterocycles. The fourth-order valence-electron chi connectivity index (χ4n) is 4.97. The minimum absolute atomic E-state index is 0.151. The Morgan fingerprint density at radius 2 is 1.63 bits per heavy atom. The Morgan fingerprint density at radius 1 is 0.930 bits per heavy atom. The molecule has 1 fully saturated rings. The van der Waals surface area contributed by atoms with Gasteiger partial charge in [-0.2, -0.15) is 18.3 Å². The van der Waals surface area contributed by atoms with Crippen LogP contribution in [0.5, 0.6) is 0 Å². The van der Waals surface area contributed by atoms with Crippen molar-refractivity contribution in [2.45, 2.75) is 30.3 Å².